The number of fused-ring (bicyclic) bond motifs is 1. The Bertz CT molecular complexity index is 967. The van der Waals surface area contributed by atoms with Gasteiger partial charge in [0.15, 0.2) is 0 Å². The molecule has 3 rings (SSSR count). The third kappa shape index (κ3) is 2.80. The number of non-ortho nitro benzene ring substituents is 1. The first-order valence-electron chi connectivity index (χ1n) is 7.64. The van der Waals surface area contributed by atoms with Gasteiger partial charge >= 0.3 is 0 Å². The molecule has 0 fully saturated rings. The van der Waals surface area contributed by atoms with Crippen LogP contribution in [0.25, 0.3) is 0 Å². The van der Waals surface area contributed by atoms with Crippen LogP contribution in [0.3, 0.4) is 0 Å². The van der Waals surface area contributed by atoms with Crippen molar-refractivity contribution in [2.24, 2.45) is 0 Å². The first kappa shape index (κ1) is 17.5. The summed E-state index contributed by atoms with van der Waals surface area (Å²) in [5.74, 6) is 0.259. The molecule has 1 aliphatic rings. The van der Waals surface area contributed by atoms with E-state index in [4.69, 9.17) is 4.74 Å². The second-order valence-corrected chi connectivity index (χ2v) is 6.46. The third-order valence-electron chi connectivity index (χ3n) is 4.34. The summed E-state index contributed by atoms with van der Waals surface area (Å²) < 4.78 is 6.72. The van der Waals surface area contributed by atoms with Gasteiger partial charge in [-0.2, -0.15) is 0 Å². The van der Waals surface area contributed by atoms with Gasteiger partial charge < -0.3 is 9.84 Å². The molecular weight excluding hydrogens is 346 g/mol. The number of rotatable bonds is 3. The minimum absolute atomic E-state index is 0.202. The molecule has 10 nitrogen and oxygen atoms in total. The summed E-state index contributed by atoms with van der Waals surface area (Å²) in [4.78, 5) is 33.2. The number of nitro benzene ring substituents is 1. The highest BCUT2D eigenvalue weighted by Gasteiger charge is 2.45. The van der Waals surface area contributed by atoms with Crippen LogP contribution >= 0.6 is 0 Å². The summed E-state index contributed by atoms with van der Waals surface area (Å²) in [7, 11) is 0. The zero-order valence-corrected chi connectivity index (χ0v) is 13.9. The lowest BCUT2D eigenvalue weighted by Crippen LogP contribution is -2.52. The van der Waals surface area contributed by atoms with Gasteiger partial charge in [-0.3, -0.25) is 29.6 Å². The number of aromatic nitrogens is 1. The van der Waals surface area contributed by atoms with Gasteiger partial charge in [0.1, 0.15) is 17.5 Å². The van der Waals surface area contributed by atoms with Crippen LogP contribution in [0.5, 0.6) is 5.75 Å². The Morgan fingerprint density at radius 1 is 1.12 bits per heavy atom. The predicted octanol–water partition coefficient (Wildman–Crippen LogP) is 1.79. The van der Waals surface area contributed by atoms with E-state index in [1.807, 2.05) is 0 Å². The maximum absolute atomic E-state index is 12.3. The van der Waals surface area contributed by atoms with Gasteiger partial charge in [-0.25, -0.2) is 0 Å². The van der Waals surface area contributed by atoms with Gasteiger partial charge in [-0.15, -0.1) is 0 Å². The van der Waals surface area contributed by atoms with Gasteiger partial charge in [0.2, 0.25) is 0 Å². The van der Waals surface area contributed by atoms with E-state index < -0.39 is 33.2 Å². The number of aliphatic hydroxyl groups is 1. The molecule has 0 saturated carbocycles. The van der Waals surface area contributed by atoms with E-state index in [0.29, 0.717) is 0 Å². The molecule has 1 aromatic heterocycles. The molecule has 0 bridgehead atoms. The van der Waals surface area contributed by atoms with E-state index in [1.165, 1.54) is 18.2 Å². The van der Waals surface area contributed by atoms with Crippen molar-refractivity contribution in [3.05, 3.63) is 72.7 Å². The third-order valence-corrected chi connectivity index (χ3v) is 4.34. The molecular formula is C16H15N3O7. The van der Waals surface area contributed by atoms with E-state index in [0.717, 1.165) is 22.9 Å². The Morgan fingerprint density at radius 2 is 1.73 bits per heavy atom. The van der Waals surface area contributed by atoms with Gasteiger partial charge in [-0.05, 0) is 19.9 Å². The summed E-state index contributed by atoms with van der Waals surface area (Å²) >= 11 is 0. The second kappa shape index (κ2) is 5.92. The number of nitrogens with zero attached hydrogens (tertiary/aromatic N) is 3. The number of pyridine rings is 1. The van der Waals surface area contributed by atoms with E-state index in [2.05, 4.69) is 0 Å². The highest BCUT2D eigenvalue weighted by atomic mass is 16.6. The lowest BCUT2D eigenvalue weighted by atomic mass is 9.86. The molecule has 0 aliphatic carbocycles. The van der Waals surface area contributed by atoms with E-state index in [9.17, 15) is 30.1 Å². The lowest BCUT2D eigenvalue weighted by Gasteiger charge is -2.42. The summed E-state index contributed by atoms with van der Waals surface area (Å²) in [5.41, 5.74) is -2.10. The summed E-state index contributed by atoms with van der Waals surface area (Å²) in [5, 5.41) is 32.9. The monoisotopic (exact) mass is 361 g/mol. The summed E-state index contributed by atoms with van der Waals surface area (Å²) in [6.07, 6.45) is -0.267. The van der Waals surface area contributed by atoms with Gasteiger partial charge in [0, 0.05) is 29.8 Å². The largest absolute Gasteiger partial charge is 0.485 e. The van der Waals surface area contributed by atoms with Crippen molar-refractivity contribution in [1.29, 1.82) is 0 Å². The number of benzene rings is 1. The van der Waals surface area contributed by atoms with Crippen molar-refractivity contribution >= 4 is 11.4 Å². The van der Waals surface area contributed by atoms with Crippen LogP contribution in [0.2, 0.25) is 0 Å². The molecule has 10 heteroatoms. The molecule has 1 aliphatic heterocycles. The molecule has 1 N–H and O–H groups in total. The molecule has 0 radical (unpaired) electrons. The Morgan fingerprint density at radius 3 is 2.35 bits per heavy atom. The van der Waals surface area contributed by atoms with Crippen LogP contribution in [-0.4, -0.2) is 31.2 Å². The predicted molar refractivity (Wildman–Crippen MR) is 89.3 cm³/mol. The van der Waals surface area contributed by atoms with Crippen molar-refractivity contribution in [2.45, 2.75) is 31.6 Å². The van der Waals surface area contributed by atoms with Crippen LogP contribution < -0.4 is 10.3 Å². The highest BCUT2D eigenvalue weighted by Crippen LogP contribution is 2.43. The molecule has 136 valence electrons. The molecule has 26 heavy (non-hydrogen) atoms. The van der Waals surface area contributed by atoms with Crippen LogP contribution in [0, 0.1) is 20.2 Å². The average molecular weight is 361 g/mol. The smallest absolute Gasteiger partial charge is 0.285 e. The number of hydrogen-bond donors (Lipinski definition) is 1. The molecule has 0 spiro atoms. The zero-order chi connectivity index (χ0) is 19.2. The number of ether oxygens (including phenoxy) is 1. The Balaban J connectivity index is 2.28. The number of aliphatic hydroxyl groups excluding tert-OH is 1. The zero-order valence-electron chi connectivity index (χ0n) is 13.9. The normalized spacial score (nSPS) is 20.7. The molecule has 2 unspecified atom stereocenters. The SMILES string of the molecule is CC1(C)Oc2ccc([N+](=O)[O-])cc2C(n2cc([N+](=O)[O-])ccc2=O)C1O. The van der Waals surface area contributed by atoms with Crippen molar-refractivity contribution < 1.29 is 19.7 Å². The average Bonchev–Trinajstić information content (AvgIpc) is 2.56. The van der Waals surface area contributed by atoms with Crippen LogP contribution in [0.1, 0.15) is 25.5 Å². The van der Waals surface area contributed by atoms with Crippen molar-refractivity contribution in [3.8, 4) is 5.75 Å². The quantitative estimate of drug-likeness (QED) is 0.649. The first-order valence-corrected chi connectivity index (χ1v) is 7.64. The minimum atomic E-state index is -1.28. The molecule has 2 aromatic rings. The second-order valence-electron chi connectivity index (χ2n) is 6.46. The standard InChI is InChI=1S/C16H15N3O7/c1-16(2)15(21)14(17-8-10(19(24)25)4-6-13(17)20)11-7-9(18(22)23)3-5-12(11)26-16/h3-8,14-15,21H,1-2H3. The Hall–Kier alpha value is -3.27. The van der Waals surface area contributed by atoms with E-state index in [1.54, 1.807) is 13.8 Å². The summed E-state index contributed by atoms with van der Waals surface area (Å²) in [6, 6.07) is 4.83. The molecule has 1 aromatic carbocycles. The minimum Gasteiger partial charge on any atom is -0.485 e. The first-order chi connectivity index (χ1) is 12.1. The fourth-order valence-corrected chi connectivity index (χ4v) is 2.99. The molecule has 0 saturated heterocycles. The maximum Gasteiger partial charge on any atom is 0.285 e. The van der Waals surface area contributed by atoms with Crippen LogP contribution in [0.15, 0.2) is 41.3 Å². The fourth-order valence-electron chi connectivity index (χ4n) is 2.99. The fraction of sp³-hybridized carbons (Fsp3) is 0.312. The van der Waals surface area contributed by atoms with Gasteiger partial charge in [0.05, 0.1) is 22.1 Å². The van der Waals surface area contributed by atoms with Gasteiger partial charge in [0.25, 0.3) is 16.9 Å². The van der Waals surface area contributed by atoms with Crippen LogP contribution in [0.4, 0.5) is 11.4 Å². The molecule has 0 amide bonds. The van der Waals surface area contributed by atoms with Crippen molar-refractivity contribution in [1.82, 2.24) is 4.57 Å². The molecule has 2 heterocycles. The Kier molecular flexibility index (Phi) is 3.99. The van der Waals surface area contributed by atoms with Gasteiger partial charge in [-0.1, -0.05) is 0 Å². The number of hydrogen-bond acceptors (Lipinski definition) is 7. The summed E-state index contributed by atoms with van der Waals surface area (Å²) in [6.45, 7) is 3.19. The molecule has 2 atom stereocenters. The van der Waals surface area contributed by atoms with Crippen molar-refractivity contribution in [2.75, 3.05) is 0 Å². The maximum atomic E-state index is 12.3. The Labute approximate surface area is 146 Å². The van der Waals surface area contributed by atoms with Crippen LogP contribution in [-0.2, 0) is 0 Å². The topological polar surface area (TPSA) is 138 Å². The lowest BCUT2D eigenvalue weighted by molar-refractivity contribution is -0.385. The number of nitro groups is 2. The van der Waals surface area contributed by atoms with Crippen molar-refractivity contribution in [3.63, 3.8) is 0 Å². The van der Waals surface area contributed by atoms with E-state index in [-0.39, 0.29) is 22.7 Å². The highest BCUT2D eigenvalue weighted by molar-refractivity contribution is 5.48. The van der Waals surface area contributed by atoms with E-state index >= 15 is 0 Å².